The SMILES string of the molecule is CC(C)(C)c1cc(=O)n(CC2CCN(CC3CCCCC(=O)N3)CC2)cn1. The molecule has 0 radical (unpaired) electrons. The van der Waals surface area contributed by atoms with Gasteiger partial charge in [0.25, 0.3) is 5.56 Å². The van der Waals surface area contributed by atoms with E-state index in [1.807, 2.05) is 0 Å². The maximum absolute atomic E-state index is 12.4. The fraction of sp³-hybridized carbons (Fsp3) is 0.762. The maximum atomic E-state index is 12.4. The highest BCUT2D eigenvalue weighted by Crippen LogP contribution is 2.21. The first-order valence-corrected chi connectivity index (χ1v) is 10.4. The summed E-state index contributed by atoms with van der Waals surface area (Å²) in [5, 5.41) is 3.17. The lowest BCUT2D eigenvalue weighted by molar-refractivity contribution is -0.121. The second-order valence-electron chi connectivity index (χ2n) is 9.27. The summed E-state index contributed by atoms with van der Waals surface area (Å²) in [6.07, 6.45) is 7.82. The number of carbonyl (C=O) groups excluding carboxylic acids is 1. The Hall–Kier alpha value is -1.69. The van der Waals surface area contributed by atoms with Crippen molar-refractivity contribution in [3.8, 4) is 0 Å². The molecule has 6 heteroatoms. The molecule has 1 N–H and O–H groups in total. The van der Waals surface area contributed by atoms with Crippen LogP contribution in [0.25, 0.3) is 0 Å². The molecule has 3 heterocycles. The van der Waals surface area contributed by atoms with Crippen LogP contribution in [0, 0.1) is 5.92 Å². The van der Waals surface area contributed by atoms with Crippen LogP contribution in [0.5, 0.6) is 0 Å². The molecule has 1 unspecified atom stereocenters. The van der Waals surface area contributed by atoms with Crippen molar-refractivity contribution in [3.05, 3.63) is 28.4 Å². The maximum Gasteiger partial charge on any atom is 0.253 e. The lowest BCUT2D eigenvalue weighted by Crippen LogP contribution is -2.45. The quantitative estimate of drug-likeness (QED) is 0.878. The van der Waals surface area contributed by atoms with Crippen molar-refractivity contribution in [2.75, 3.05) is 19.6 Å². The summed E-state index contributed by atoms with van der Waals surface area (Å²) in [6.45, 7) is 10.0. The lowest BCUT2D eigenvalue weighted by atomic mass is 9.92. The van der Waals surface area contributed by atoms with Gasteiger partial charge in [0.2, 0.25) is 5.91 Å². The van der Waals surface area contributed by atoms with Gasteiger partial charge in [0.05, 0.1) is 12.0 Å². The van der Waals surface area contributed by atoms with E-state index in [0.29, 0.717) is 18.4 Å². The van der Waals surface area contributed by atoms with Crippen molar-refractivity contribution >= 4 is 5.91 Å². The van der Waals surface area contributed by atoms with E-state index in [1.165, 1.54) is 0 Å². The number of nitrogens with zero attached hydrogens (tertiary/aromatic N) is 3. The number of aromatic nitrogens is 2. The number of nitrogens with one attached hydrogen (secondary N) is 1. The Bertz CT molecular complexity index is 699. The highest BCUT2D eigenvalue weighted by molar-refractivity contribution is 5.76. The van der Waals surface area contributed by atoms with Crippen LogP contribution in [0.2, 0.25) is 0 Å². The second kappa shape index (κ2) is 8.55. The summed E-state index contributed by atoms with van der Waals surface area (Å²) in [4.78, 5) is 31.1. The average Bonchev–Trinajstić information content (AvgIpc) is 2.81. The Labute approximate surface area is 162 Å². The third kappa shape index (κ3) is 5.64. The van der Waals surface area contributed by atoms with Crippen LogP contribution in [-0.4, -0.2) is 46.0 Å². The zero-order valence-electron chi connectivity index (χ0n) is 17.0. The molecule has 1 aromatic rings. The van der Waals surface area contributed by atoms with Crippen molar-refractivity contribution in [2.24, 2.45) is 5.92 Å². The molecule has 0 aliphatic carbocycles. The van der Waals surface area contributed by atoms with E-state index in [0.717, 1.165) is 64.0 Å². The number of likely N-dealkylation sites (tertiary alicyclic amines) is 1. The van der Waals surface area contributed by atoms with E-state index in [9.17, 15) is 9.59 Å². The molecule has 2 saturated heterocycles. The Morgan fingerprint density at radius 3 is 2.52 bits per heavy atom. The van der Waals surface area contributed by atoms with Crippen molar-refractivity contribution in [3.63, 3.8) is 0 Å². The van der Waals surface area contributed by atoms with Gasteiger partial charge >= 0.3 is 0 Å². The minimum atomic E-state index is -0.100. The van der Waals surface area contributed by atoms with Gasteiger partial charge in [-0.25, -0.2) is 4.98 Å². The number of piperidine rings is 1. The molecule has 0 saturated carbocycles. The number of hydrogen-bond donors (Lipinski definition) is 1. The molecule has 3 rings (SSSR count). The van der Waals surface area contributed by atoms with Gasteiger partial charge in [-0.05, 0) is 44.7 Å². The van der Waals surface area contributed by atoms with Crippen molar-refractivity contribution in [1.29, 1.82) is 0 Å². The number of carbonyl (C=O) groups is 1. The fourth-order valence-electron chi connectivity index (χ4n) is 4.10. The Morgan fingerprint density at radius 1 is 1.11 bits per heavy atom. The van der Waals surface area contributed by atoms with Crippen LogP contribution in [0.15, 0.2) is 17.2 Å². The number of hydrogen-bond acceptors (Lipinski definition) is 4. The first-order chi connectivity index (χ1) is 12.8. The fourth-order valence-corrected chi connectivity index (χ4v) is 4.10. The van der Waals surface area contributed by atoms with Gasteiger partial charge in [-0.15, -0.1) is 0 Å². The second-order valence-corrected chi connectivity index (χ2v) is 9.27. The molecule has 6 nitrogen and oxygen atoms in total. The minimum Gasteiger partial charge on any atom is -0.352 e. The molecule has 2 aliphatic heterocycles. The van der Waals surface area contributed by atoms with Crippen LogP contribution in [0.3, 0.4) is 0 Å². The molecular weight excluding hydrogens is 340 g/mol. The summed E-state index contributed by atoms with van der Waals surface area (Å²) in [7, 11) is 0. The summed E-state index contributed by atoms with van der Waals surface area (Å²) in [5.41, 5.74) is 0.805. The normalized spacial score (nSPS) is 23.1. The zero-order chi connectivity index (χ0) is 19.4. The van der Waals surface area contributed by atoms with Crippen LogP contribution in [0.1, 0.15) is 65.0 Å². The molecule has 0 aromatic carbocycles. The summed E-state index contributed by atoms with van der Waals surface area (Å²) in [5.74, 6) is 0.725. The standard InChI is InChI=1S/C21H34N4O2/c1-21(2,3)18-12-20(27)25(15-22-18)13-16-8-10-24(11-9-16)14-17-6-4-5-7-19(26)23-17/h12,15-17H,4-11,13-14H2,1-3H3,(H,23,26). The average molecular weight is 375 g/mol. The van der Waals surface area contributed by atoms with E-state index in [1.54, 1.807) is 17.0 Å². The molecule has 27 heavy (non-hydrogen) atoms. The van der Waals surface area contributed by atoms with Crippen molar-refractivity contribution < 1.29 is 4.79 Å². The van der Waals surface area contributed by atoms with E-state index in [4.69, 9.17) is 0 Å². The van der Waals surface area contributed by atoms with Crippen LogP contribution in [-0.2, 0) is 16.8 Å². The first kappa shape index (κ1) is 20.1. The van der Waals surface area contributed by atoms with Gasteiger partial charge in [-0.1, -0.05) is 27.2 Å². The first-order valence-electron chi connectivity index (χ1n) is 10.4. The monoisotopic (exact) mass is 374 g/mol. The summed E-state index contributed by atoms with van der Waals surface area (Å²) < 4.78 is 1.76. The number of amides is 1. The molecular formula is C21H34N4O2. The largest absolute Gasteiger partial charge is 0.352 e. The molecule has 1 amide bonds. The van der Waals surface area contributed by atoms with Crippen LogP contribution in [0.4, 0.5) is 0 Å². The van der Waals surface area contributed by atoms with Crippen molar-refractivity contribution in [2.45, 2.75) is 77.3 Å². The Kier molecular flexibility index (Phi) is 6.35. The van der Waals surface area contributed by atoms with Gasteiger partial charge in [0.15, 0.2) is 0 Å². The predicted octanol–water partition coefficient (Wildman–Crippen LogP) is 2.31. The van der Waals surface area contributed by atoms with E-state index in [-0.39, 0.29) is 16.9 Å². The molecule has 1 atom stereocenters. The van der Waals surface area contributed by atoms with E-state index >= 15 is 0 Å². The Balaban J connectivity index is 1.49. The third-order valence-electron chi connectivity index (χ3n) is 5.86. The van der Waals surface area contributed by atoms with Gasteiger partial charge in [0, 0.05) is 37.0 Å². The third-order valence-corrected chi connectivity index (χ3v) is 5.86. The van der Waals surface area contributed by atoms with Crippen LogP contribution < -0.4 is 10.9 Å². The van der Waals surface area contributed by atoms with Gasteiger partial charge in [-0.2, -0.15) is 0 Å². The molecule has 0 spiro atoms. The highest BCUT2D eigenvalue weighted by Gasteiger charge is 2.24. The van der Waals surface area contributed by atoms with Gasteiger partial charge in [0.1, 0.15) is 0 Å². The molecule has 2 aliphatic rings. The topological polar surface area (TPSA) is 67.2 Å². The Morgan fingerprint density at radius 2 is 1.85 bits per heavy atom. The van der Waals surface area contributed by atoms with Crippen LogP contribution >= 0.6 is 0 Å². The smallest absolute Gasteiger partial charge is 0.253 e. The summed E-state index contributed by atoms with van der Waals surface area (Å²) >= 11 is 0. The van der Waals surface area contributed by atoms with Gasteiger partial charge in [-0.3, -0.25) is 14.2 Å². The minimum absolute atomic E-state index is 0.0542. The molecule has 0 bridgehead atoms. The molecule has 1 aromatic heterocycles. The van der Waals surface area contributed by atoms with E-state index < -0.39 is 0 Å². The van der Waals surface area contributed by atoms with Gasteiger partial charge < -0.3 is 10.2 Å². The molecule has 2 fully saturated rings. The number of rotatable bonds is 4. The highest BCUT2D eigenvalue weighted by atomic mass is 16.1. The summed E-state index contributed by atoms with van der Waals surface area (Å²) in [6, 6.07) is 1.98. The zero-order valence-corrected chi connectivity index (χ0v) is 17.0. The predicted molar refractivity (Wildman–Crippen MR) is 107 cm³/mol. The van der Waals surface area contributed by atoms with E-state index in [2.05, 4.69) is 36.0 Å². The lowest BCUT2D eigenvalue weighted by Gasteiger charge is -2.34. The van der Waals surface area contributed by atoms with Crippen molar-refractivity contribution in [1.82, 2.24) is 19.8 Å². The molecule has 150 valence electrons.